The van der Waals surface area contributed by atoms with Gasteiger partial charge in [0.05, 0.1) is 0 Å². The van der Waals surface area contributed by atoms with Crippen LogP contribution in [0.2, 0.25) is 0 Å². The third kappa shape index (κ3) is 2.27. The van der Waals surface area contributed by atoms with Gasteiger partial charge in [-0.05, 0) is 22.5 Å². The van der Waals surface area contributed by atoms with Crippen LogP contribution in [0.4, 0.5) is 5.69 Å². The van der Waals surface area contributed by atoms with Crippen LogP contribution in [0, 0.1) is 0 Å². The van der Waals surface area contributed by atoms with Crippen molar-refractivity contribution in [2.75, 3.05) is 5.73 Å². The van der Waals surface area contributed by atoms with Crippen LogP contribution in [0.3, 0.4) is 0 Å². The van der Waals surface area contributed by atoms with Crippen molar-refractivity contribution in [1.29, 1.82) is 0 Å². The zero-order valence-corrected chi connectivity index (χ0v) is 8.78. The minimum Gasteiger partial charge on any atom is -0.423 e. The number of anilines is 1. The fraction of sp³-hybridized carbons (Fsp3) is 0.400. The molecule has 0 atom stereocenters. The molecule has 0 spiro atoms. The molecule has 4 N–H and O–H groups in total. The van der Waals surface area contributed by atoms with E-state index in [4.69, 9.17) is 15.8 Å². The van der Waals surface area contributed by atoms with Crippen molar-refractivity contribution < 1.29 is 10.0 Å². The highest BCUT2D eigenvalue weighted by Gasteiger charge is 2.19. The molecule has 0 heterocycles. The smallest absolute Gasteiger partial charge is 0.423 e. The molecule has 0 saturated carbocycles. The topological polar surface area (TPSA) is 66.5 Å². The second-order valence-corrected chi connectivity index (χ2v) is 4.47. The van der Waals surface area contributed by atoms with Crippen LogP contribution < -0.4 is 11.2 Å². The van der Waals surface area contributed by atoms with E-state index in [1.165, 1.54) is 0 Å². The van der Waals surface area contributed by atoms with Gasteiger partial charge in [0, 0.05) is 5.69 Å². The Morgan fingerprint density at radius 2 is 1.79 bits per heavy atom. The Hall–Kier alpha value is -0.995. The van der Waals surface area contributed by atoms with Gasteiger partial charge in [-0.1, -0.05) is 32.9 Å². The maximum absolute atomic E-state index is 8.94. The van der Waals surface area contributed by atoms with Gasteiger partial charge in [-0.3, -0.25) is 0 Å². The molecule has 14 heavy (non-hydrogen) atoms. The third-order valence-electron chi connectivity index (χ3n) is 2.18. The molecular weight excluding hydrogens is 177 g/mol. The first kappa shape index (κ1) is 11.1. The predicted molar refractivity (Wildman–Crippen MR) is 59.4 cm³/mol. The average Bonchev–Trinajstić information content (AvgIpc) is 2.01. The Morgan fingerprint density at radius 3 is 2.14 bits per heavy atom. The van der Waals surface area contributed by atoms with Crippen molar-refractivity contribution in [3.63, 3.8) is 0 Å². The number of nitrogen functional groups attached to an aromatic ring is 1. The standard InChI is InChI=1S/C10H16BNO2/c1-10(2,3)8-5-4-7(11(13)14)6-9(8)12/h4-6,13-14H,12H2,1-3H3. The Labute approximate surface area is 84.7 Å². The molecule has 0 amide bonds. The highest BCUT2D eigenvalue weighted by molar-refractivity contribution is 6.58. The monoisotopic (exact) mass is 193 g/mol. The molecule has 0 fully saturated rings. The zero-order valence-electron chi connectivity index (χ0n) is 8.78. The minimum absolute atomic E-state index is 0.0248. The second kappa shape index (κ2) is 3.63. The Balaban J connectivity index is 3.15. The summed E-state index contributed by atoms with van der Waals surface area (Å²) in [7, 11) is -1.45. The molecule has 0 saturated heterocycles. The predicted octanol–water partition coefficient (Wildman–Crippen LogP) is 0.246. The van der Waals surface area contributed by atoms with Crippen molar-refractivity contribution in [1.82, 2.24) is 0 Å². The maximum atomic E-state index is 8.94. The van der Waals surface area contributed by atoms with Crippen molar-refractivity contribution >= 4 is 18.3 Å². The molecule has 0 aliphatic carbocycles. The van der Waals surface area contributed by atoms with Crippen LogP contribution in [0.5, 0.6) is 0 Å². The van der Waals surface area contributed by atoms with Gasteiger partial charge >= 0.3 is 7.12 Å². The van der Waals surface area contributed by atoms with E-state index < -0.39 is 7.12 Å². The van der Waals surface area contributed by atoms with E-state index >= 15 is 0 Å². The van der Waals surface area contributed by atoms with E-state index in [1.54, 1.807) is 12.1 Å². The van der Waals surface area contributed by atoms with Gasteiger partial charge < -0.3 is 15.8 Å². The first-order chi connectivity index (χ1) is 6.32. The van der Waals surface area contributed by atoms with Gasteiger partial charge in [-0.15, -0.1) is 0 Å². The van der Waals surface area contributed by atoms with E-state index in [1.807, 2.05) is 6.07 Å². The lowest BCUT2D eigenvalue weighted by atomic mass is 9.77. The molecule has 76 valence electrons. The highest BCUT2D eigenvalue weighted by atomic mass is 16.4. The summed E-state index contributed by atoms with van der Waals surface area (Å²) in [6.07, 6.45) is 0. The number of benzene rings is 1. The molecule has 0 radical (unpaired) electrons. The van der Waals surface area contributed by atoms with Crippen LogP contribution in [-0.4, -0.2) is 17.2 Å². The van der Waals surface area contributed by atoms with E-state index in [0.29, 0.717) is 11.2 Å². The molecule has 1 aromatic rings. The summed E-state index contributed by atoms with van der Waals surface area (Å²) < 4.78 is 0. The normalized spacial score (nSPS) is 11.5. The maximum Gasteiger partial charge on any atom is 0.488 e. The SMILES string of the molecule is CC(C)(C)c1ccc(B(O)O)cc1N. The Bertz CT molecular complexity index is 331. The summed E-state index contributed by atoms with van der Waals surface area (Å²) in [4.78, 5) is 0. The highest BCUT2D eigenvalue weighted by Crippen LogP contribution is 2.26. The van der Waals surface area contributed by atoms with E-state index in [-0.39, 0.29) is 5.41 Å². The number of hydrogen-bond acceptors (Lipinski definition) is 3. The van der Waals surface area contributed by atoms with Crippen molar-refractivity contribution in [3.05, 3.63) is 23.8 Å². The van der Waals surface area contributed by atoms with Crippen LogP contribution in [0.15, 0.2) is 18.2 Å². The molecule has 4 heteroatoms. The quantitative estimate of drug-likeness (QED) is 0.442. The molecule has 0 aromatic heterocycles. The van der Waals surface area contributed by atoms with E-state index in [9.17, 15) is 0 Å². The lowest BCUT2D eigenvalue weighted by Crippen LogP contribution is -2.30. The lowest BCUT2D eigenvalue weighted by Gasteiger charge is -2.21. The van der Waals surface area contributed by atoms with Crippen molar-refractivity contribution in [2.45, 2.75) is 26.2 Å². The fourth-order valence-corrected chi connectivity index (χ4v) is 1.42. The number of hydrogen-bond donors (Lipinski definition) is 3. The van der Waals surface area contributed by atoms with Gasteiger partial charge in [0.25, 0.3) is 0 Å². The Morgan fingerprint density at radius 1 is 1.21 bits per heavy atom. The molecule has 1 aromatic carbocycles. The Kier molecular flexibility index (Phi) is 2.88. The van der Waals surface area contributed by atoms with Gasteiger partial charge in [0.2, 0.25) is 0 Å². The van der Waals surface area contributed by atoms with Crippen molar-refractivity contribution in [3.8, 4) is 0 Å². The lowest BCUT2D eigenvalue weighted by molar-refractivity contribution is 0.425. The van der Waals surface area contributed by atoms with Gasteiger partial charge in [-0.2, -0.15) is 0 Å². The van der Waals surface area contributed by atoms with Crippen LogP contribution in [-0.2, 0) is 5.41 Å². The molecule has 0 unspecified atom stereocenters. The first-order valence-corrected chi connectivity index (χ1v) is 4.58. The van der Waals surface area contributed by atoms with E-state index in [0.717, 1.165) is 5.56 Å². The summed E-state index contributed by atoms with van der Waals surface area (Å²) in [6, 6.07) is 5.12. The minimum atomic E-state index is -1.45. The van der Waals surface area contributed by atoms with Crippen LogP contribution in [0.1, 0.15) is 26.3 Å². The molecule has 0 aliphatic rings. The van der Waals surface area contributed by atoms with Crippen LogP contribution in [0.25, 0.3) is 0 Å². The van der Waals surface area contributed by atoms with Gasteiger partial charge in [-0.25, -0.2) is 0 Å². The molecular formula is C10H16BNO2. The second-order valence-electron chi connectivity index (χ2n) is 4.47. The summed E-state index contributed by atoms with van der Waals surface area (Å²) in [5.41, 5.74) is 7.84. The zero-order chi connectivity index (χ0) is 10.9. The number of rotatable bonds is 1. The molecule has 1 rings (SSSR count). The largest absolute Gasteiger partial charge is 0.488 e. The number of nitrogens with two attached hydrogens (primary N) is 1. The summed E-state index contributed by atoms with van der Waals surface area (Å²) in [6.45, 7) is 6.19. The molecule has 0 bridgehead atoms. The van der Waals surface area contributed by atoms with Gasteiger partial charge in [0.1, 0.15) is 0 Å². The summed E-state index contributed by atoms with van der Waals surface area (Å²) in [5.74, 6) is 0. The summed E-state index contributed by atoms with van der Waals surface area (Å²) >= 11 is 0. The third-order valence-corrected chi connectivity index (χ3v) is 2.18. The molecule has 3 nitrogen and oxygen atoms in total. The fourth-order valence-electron chi connectivity index (χ4n) is 1.42. The summed E-state index contributed by atoms with van der Waals surface area (Å²) in [5, 5.41) is 17.9. The average molecular weight is 193 g/mol. The molecule has 0 aliphatic heterocycles. The van der Waals surface area contributed by atoms with Crippen LogP contribution >= 0.6 is 0 Å². The van der Waals surface area contributed by atoms with E-state index in [2.05, 4.69) is 20.8 Å². The van der Waals surface area contributed by atoms with Gasteiger partial charge in [0.15, 0.2) is 0 Å². The van der Waals surface area contributed by atoms with Crippen molar-refractivity contribution in [2.24, 2.45) is 0 Å². The first-order valence-electron chi connectivity index (χ1n) is 4.58.